The molecule has 1 fully saturated rings. The topological polar surface area (TPSA) is 29.3 Å². The van der Waals surface area contributed by atoms with Gasteiger partial charge in [-0.3, -0.25) is 0 Å². The molecule has 1 aliphatic rings. The number of nitrogens with two attached hydrogens (primary N) is 1. The van der Waals surface area contributed by atoms with E-state index in [9.17, 15) is 0 Å². The van der Waals surface area contributed by atoms with E-state index >= 15 is 0 Å². The molecule has 0 spiro atoms. The van der Waals surface area contributed by atoms with Crippen molar-refractivity contribution in [3.8, 4) is 0 Å². The van der Waals surface area contributed by atoms with Crippen LogP contribution in [0.5, 0.6) is 0 Å². The van der Waals surface area contributed by atoms with Crippen molar-refractivity contribution in [2.75, 3.05) is 18.0 Å². The molecule has 2 heteroatoms. The third-order valence-electron chi connectivity index (χ3n) is 4.54. The second kappa shape index (κ2) is 5.54. The summed E-state index contributed by atoms with van der Waals surface area (Å²) in [5, 5.41) is 0. The van der Waals surface area contributed by atoms with Crippen LogP contribution in [0.3, 0.4) is 0 Å². The zero-order valence-corrected chi connectivity index (χ0v) is 12.8. The Bertz CT molecular complexity index is 402. The van der Waals surface area contributed by atoms with Crippen molar-refractivity contribution >= 4 is 5.69 Å². The highest BCUT2D eigenvalue weighted by Gasteiger charge is 2.31. The summed E-state index contributed by atoms with van der Waals surface area (Å²) in [4.78, 5) is 2.51. The SMILES string of the molecule is CC[C@H](N)c1ccc(N2CCC(C(C)(C)C)C2)cc1. The second-order valence-corrected chi connectivity index (χ2v) is 6.90. The summed E-state index contributed by atoms with van der Waals surface area (Å²) in [6.07, 6.45) is 2.30. The Morgan fingerprint density at radius 1 is 1.26 bits per heavy atom. The van der Waals surface area contributed by atoms with Gasteiger partial charge in [-0.25, -0.2) is 0 Å². The zero-order chi connectivity index (χ0) is 14.0. The van der Waals surface area contributed by atoms with Crippen molar-refractivity contribution in [3.05, 3.63) is 29.8 Å². The Balaban J connectivity index is 2.04. The molecule has 1 unspecified atom stereocenters. The number of hydrogen-bond donors (Lipinski definition) is 1. The van der Waals surface area contributed by atoms with Crippen molar-refractivity contribution in [2.24, 2.45) is 17.1 Å². The molecule has 106 valence electrons. The van der Waals surface area contributed by atoms with Gasteiger partial charge >= 0.3 is 0 Å². The molecule has 0 bridgehead atoms. The van der Waals surface area contributed by atoms with E-state index in [1.807, 2.05) is 0 Å². The first-order chi connectivity index (χ1) is 8.91. The van der Waals surface area contributed by atoms with Crippen molar-refractivity contribution in [1.82, 2.24) is 0 Å². The van der Waals surface area contributed by atoms with E-state index in [0.717, 1.165) is 12.3 Å². The van der Waals surface area contributed by atoms with Crippen LogP contribution in [0.4, 0.5) is 5.69 Å². The van der Waals surface area contributed by atoms with Crippen molar-refractivity contribution in [3.63, 3.8) is 0 Å². The van der Waals surface area contributed by atoms with Gasteiger partial charge in [0, 0.05) is 24.8 Å². The summed E-state index contributed by atoms with van der Waals surface area (Å²) in [7, 11) is 0. The minimum Gasteiger partial charge on any atom is -0.371 e. The number of rotatable bonds is 3. The van der Waals surface area contributed by atoms with Crippen LogP contribution in [0.1, 0.15) is 52.1 Å². The smallest absolute Gasteiger partial charge is 0.0366 e. The fourth-order valence-corrected chi connectivity index (χ4v) is 2.87. The van der Waals surface area contributed by atoms with Crippen molar-refractivity contribution in [1.29, 1.82) is 0 Å². The molecule has 0 saturated carbocycles. The molecule has 1 aromatic carbocycles. The van der Waals surface area contributed by atoms with E-state index in [1.54, 1.807) is 0 Å². The van der Waals surface area contributed by atoms with Gasteiger partial charge in [0.2, 0.25) is 0 Å². The average Bonchev–Trinajstić information content (AvgIpc) is 2.87. The highest BCUT2D eigenvalue weighted by atomic mass is 15.2. The standard InChI is InChI=1S/C17H28N2/c1-5-16(18)13-6-8-15(9-7-13)19-11-10-14(12-19)17(2,3)4/h6-9,14,16H,5,10-12,18H2,1-4H3/t14?,16-/m0/s1. The molecule has 1 heterocycles. The van der Waals surface area contributed by atoms with Crippen LogP contribution in [0.25, 0.3) is 0 Å². The lowest BCUT2D eigenvalue weighted by Gasteiger charge is -2.27. The first-order valence-corrected chi connectivity index (χ1v) is 7.52. The summed E-state index contributed by atoms with van der Waals surface area (Å²) in [6, 6.07) is 9.02. The zero-order valence-electron chi connectivity index (χ0n) is 12.8. The molecule has 0 amide bonds. The Kier molecular flexibility index (Phi) is 4.19. The Hall–Kier alpha value is -1.02. The lowest BCUT2D eigenvalue weighted by Crippen LogP contribution is -2.25. The van der Waals surface area contributed by atoms with Crippen LogP contribution in [0.2, 0.25) is 0 Å². The third-order valence-corrected chi connectivity index (χ3v) is 4.54. The largest absolute Gasteiger partial charge is 0.371 e. The highest BCUT2D eigenvalue weighted by molar-refractivity contribution is 5.49. The van der Waals surface area contributed by atoms with Crippen LogP contribution in [-0.2, 0) is 0 Å². The van der Waals surface area contributed by atoms with E-state index < -0.39 is 0 Å². The van der Waals surface area contributed by atoms with Gasteiger partial charge in [-0.1, -0.05) is 39.8 Å². The molecule has 2 nitrogen and oxygen atoms in total. The maximum absolute atomic E-state index is 6.06. The molecule has 1 saturated heterocycles. The summed E-state index contributed by atoms with van der Waals surface area (Å²) in [5.41, 5.74) is 9.07. The maximum Gasteiger partial charge on any atom is 0.0366 e. The van der Waals surface area contributed by atoms with E-state index in [-0.39, 0.29) is 6.04 Å². The van der Waals surface area contributed by atoms with Crippen LogP contribution in [0, 0.1) is 11.3 Å². The van der Waals surface area contributed by atoms with Gasteiger partial charge < -0.3 is 10.6 Å². The Morgan fingerprint density at radius 3 is 2.37 bits per heavy atom. The van der Waals surface area contributed by atoms with Gasteiger partial charge in [-0.05, 0) is 41.9 Å². The number of nitrogens with zero attached hydrogens (tertiary/aromatic N) is 1. The normalized spacial score (nSPS) is 21.7. The average molecular weight is 260 g/mol. The lowest BCUT2D eigenvalue weighted by atomic mass is 9.80. The first-order valence-electron chi connectivity index (χ1n) is 7.52. The molecule has 2 N–H and O–H groups in total. The van der Waals surface area contributed by atoms with E-state index in [1.165, 1.54) is 30.8 Å². The summed E-state index contributed by atoms with van der Waals surface area (Å²) in [5.74, 6) is 0.796. The van der Waals surface area contributed by atoms with Gasteiger partial charge in [0.15, 0.2) is 0 Å². The van der Waals surface area contributed by atoms with E-state index in [0.29, 0.717) is 5.41 Å². The van der Waals surface area contributed by atoms with Crippen LogP contribution in [-0.4, -0.2) is 13.1 Å². The Labute approximate surface area is 118 Å². The minimum absolute atomic E-state index is 0.176. The minimum atomic E-state index is 0.176. The number of anilines is 1. The fourth-order valence-electron chi connectivity index (χ4n) is 2.87. The summed E-state index contributed by atoms with van der Waals surface area (Å²) >= 11 is 0. The number of hydrogen-bond acceptors (Lipinski definition) is 2. The fraction of sp³-hybridized carbons (Fsp3) is 0.647. The molecule has 0 aliphatic carbocycles. The quantitative estimate of drug-likeness (QED) is 0.891. The van der Waals surface area contributed by atoms with Crippen LogP contribution >= 0.6 is 0 Å². The molecule has 1 aromatic rings. The molecule has 19 heavy (non-hydrogen) atoms. The van der Waals surface area contributed by atoms with Crippen LogP contribution in [0.15, 0.2) is 24.3 Å². The molecular weight excluding hydrogens is 232 g/mol. The highest BCUT2D eigenvalue weighted by Crippen LogP contribution is 2.35. The number of benzene rings is 1. The van der Waals surface area contributed by atoms with E-state index in [2.05, 4.69) is 56.9 Å². The van der Waals surface area contributed by atoms with Gasteiger partial charge in [-0.2, -0.15) is 0 Å². The molecule has 2 rings (SSSR count). The predicted molar refractivity (Wildman–Crippen MR) is 83.4 cm³/mol. The molecule has 1 aliphatic heterocycles. The van der Waals surface area contributed by atoms with Crippen LogP contribution < -0.4 is 10.6 Å². The van der Waals surface area contributed by atoms with Gasteiger partial charge in [0.1, 0.15) is 0 Å². The molecule has 2 atom stereocenters. The molecular formula is C17H28N2. The second-order valence-electron chi connectivity index (χ2n) is 6.90. The lowest BCUT2D eigenvalue weighted by molar-refractivity contribution is 0.263. The third kappa shape index (κ3) is 3.30. The maximum atomic E-state index is 6.06. The Morgan fingerprint density at radius 2 is 1.89 bits per heavy atom. The molecule has 0 radical (unpaired) electrons. The summed E-state index contributed by atoms with van der Waals surface area (Å²) < 4.78 is 0. The monoisotopic (exact) mass is 260 g/mol. The van der Waals surface area contributed by atoms with Gasteiger partial charge in [-0.15, -0.1) is 0 Å². The first kappa shape index (κ1) is 14.4. The molecule has 0 aromatic heterocycles. The van der Waals surface area contributed by atoms with Gasteiger partial charge in [0.05, 0.1) is 0 Å². The van der Waals surface area contributed by atoms with Crippen molar-refractivity contribution in [2.45, 2.75) is 46.6 Å². The predicted octanol–water partition coefficient (Wildman–Crippen LogP) is 3.97. The summed E-state index contributed by atoms with van der Waals surface area (Å²) in [6.45, 7) is 11.6. The van der Waals surface area contributed by atoms with E-state index in [4.69, 9.17) is 5.73 Å². The van der Waals surface area contributed by atoms with Crippen molar-refractivity contribution < 1.29 is 0 Å². The van der Waals surface area contributed by atoms with Gasteiger partial charge in [0.25, 0.3) is 0 Å².